The normalized spacial score (nSPS) is 12.3. The molecule has 0 radical (unpaired) electrons. The first kappa shape index (κ1) is 14.9. The molecule has 0 saturated heterocycles. The maximum atomic E-state index is 11.5. The molecule has 15 heavy (non-hydrogen) atoms. The highest BCUT2D eigenvalue weighted by atomic mass is 32.2. The molecule has 0 spiro atoms. The number of rotatable bonds is 9. The summed E-state index contributed by atoms with van der Waals surface area (Å²) in [7, 11) is -3.08. The lowest BCUT2D eigenvalue weighted by Gasteiger charge is -2.13. The molecular formula is C10H24N2O2S. The predicted octanol–water partition coefficient (Wildman–Crippen LogP) is 0.952. The Morgan fingerprint density at radius 3 is 2.20 bits per heavy atom. The van der Waals surface area contributed by atoms with E-state index in [0.29, 0.717) is 19.0 Å². The van der Waals surface area contributed by atoms with E-state index in [1.807, 2.05) is 6.92 Å². The zero-order valence-electron chi connectivity index (χ0n) is 10.0. The van der Waals surface area contributed by atoms with Crippen molar-refractivity contribution in [1.29, 1.82) is 0 Å². The number of sulfonamides is 1. The van der Waals surface area contributed by atoms with Gasteiger partial charge in [-0.15, -0.1) is 0 Å². The fourth-order valence-electron chi connectivity index (χ4n) is 1.28. The Kier molecular flexibility index (Phi) is 8.00. The second-order valence-corrected chi connectivity index (χ2v) is 5.63. The average Bonchev–Trinajstić information content (AvgIpc) is 2.19. The zero-order chi connectivity index (χ0) is 11.7. The van der Waals surface area contributed by atoms with Crippen molar-refractivity contribution in [2.45, 2.75) is 33.6 Å². The molecule has 0 aliphatic carbocycles. The van der Waals surface area contributed by atoms with Gasteiger partial charge in [0.05, 0.1) is 5.75 Å². The van der Waals surface area contributed by atoms with E-state index in [2.05, 4.69) is 23.9 Å². The monoisotopic (exact) mass is 236 g/mol. The summed E-state index contributed by atoms with van der Waals surface area (Å²) in [5, 5.41) is 3.00. The highest BCUT2D eigenvalue weighted by Gasteiger charge is 2.11. The van der Waals surface area contributed by atoms with Crippen LogP contribution in [0.3, 0.4) is 0 Å². The van der Waals surface area contributed by atoms with Gasteiger partial charge in [0.25, 0.3) is 0 Å². The van der Waals surface area contributed by atoms with Crippen LogP contribution in [0.25, 0.3) is 0 Å². The van der Waals surface area contributed by atoms with Crippen LogP contribution in [-0.4, -0.2) is 33.8 Å². The first-order valence-corrected chi connectivity index (χ1v) is 7.39. The molecular weight excluding hydrogens is 212 g/mol. The Morgan fingerprint density at radius 1 is 1.13 bits per heavy atom. The van der Waals surface area contributed by atoms with E-state index in [4.69, 9.17) is 0 Å². The molecule has 0 saturated carbocycles. The van der Waals surface area contributed by atoms with Crippen LogP contribution in [0.1, 0.15) is 33.6 Å². The van der Waals surface area contributed by atoms with Gasteiger partial charge in [0.2, 0.25) is 10.0 Å². The molecule has 0 bridgehead atoms. The molecule has 0 heterocycles. The molecule has 0 aromatic rings. The molecule has 5 heteroatoms. The summed E-state index contributed by atoms with van der Waals surface area (Å²) >= 11 is 0. The van der Waals surface area contributed by atoms with Gasteiger partial charge in [0.15, 0.2) is 0 Å². The van der Waals surface area contributed by atoms with Crippen molar-refractivity contribution >= 4 is 10.0 Å². The third kappa shape index (κ3) is 7.76. The summed E-state index contributed by atoms with van der Waals surface area (Å²) in [5.74, 6) is 0.625. The van der Waals surface area contributed by atoms with Gasteiger partial charge in [0.1, 0.15) is 0 Å². The standard InChI is InChI=1S/C10H24N2O2S/c1-4-10(5-2)9-12-15(13,14)8-7-11-6-3/h10-12H,4-9H2,1-3H3. The Morgan fingerprint density at radius 2 is 1.73 bits per heavy atom. The lowest BCUT2D eigenvalue weighted by Crippen LogP contribution is -2.34. The molecule has 2 N–H and O–H groups in total. The Hall–Kier alpha value is -0.130. The second kappa shape index (κ2) is 8.07. The number of nitrogens with one attached hydrogen (secondary N) is 2. The molecule has 0 atom stereocenters. The maximum Gasteiger partial charge on any atom is 0.212 e. The molecule has 0 aliphatic rings. The van der Waals surface area contributed by atoms with E-state index in [0.717, 1.165) is 19.4 Å². The highest BCUT2D eigenvalue weighted by Crippen LogP contribution is 2.05. The van der Waals surface area contributed by atoms with Crippen LogP contribution >= 0.6 is 0 Å². The van der Waals surface area contributed by atoms with Gasteiger partial charge in [-0.2, -0.15) is 0 Å². The second-order valence-electron chi connectivity index (χ2n) is 3.70. The zero-order valence-corrected chi connectivity index (χ0v) is 10.9. The van der Waals surface area contributed by atoms with E-state index >= 15 is 0 Å². The third-order valence-corrected chi connectivity index (χ3v) is 3.89. The van der Waals surface area contributed by atoms with Crippen molar-refractivity contribution in [3.05, 3.63) is 0 Å². The third-order valence-electron chi connectivity index (χ3n) is 2.54. The van der Waals surface area contributed by atoms with Crippen LogP contribution in [0.5, 0.6) is 0 Å². The van der Waals surface area contributed by atoms with E-state index in [1.165, 1.54) is 0 Å². The average molecular weight is 236 g/mol. The van der Waals surface area contributed by atoms with E-state index < -0.39 is 10.0 Å². The molecule has 0 aromatic carbocycles. The van der Waals surface area contributed by atoms with Gasteiger partial charge in [-0.05, 0) is 12.5 Å². The van der Waals surface area contributed by atoms with Crippen LogP contribution in [0.15, 0.2) is 0 Å². The van der Waals surface area contributed by atoms with Crippen LogP contribution < -0.4 is 10.0 Å². The highest BCUT2D eigenvalue weighted by molar-refractivity contribution is 7.89. The summed E-state index contributed by atoms with van der Waals surface area (Å²) < 4.78 is 25.6. The minimum absolute atomic E-state index is 0.168. The fraction of sp³-hybridized carbons (Fsp3) is 1.00. The van der Waals surface area contributed by atoms with Crippen LogP contribution in [0, 0.1) is 5.92 Å². The smallest absolute Gasteiger partial charge is 0.212 e. The summed E-state index contributed by atoms with van der Waals surface area (Å²) in [6.45, 7) is 8.03. The molecule has 0 fully saturated rings. The molecule has 0 unspecified atom stereocenters. The molecule has 0 amide bonds. The largest absolute Gasteiger partial charge is 0.316 e. The lowest BCUT2D eigenvalue weighted by molar-refractivity contribution is 0.478. The van der Waals surface area contributed by atoms with Crippen LogP contribution in [0.4, 0.5) is 0 Å². The van der Waals surface area contributed by atoms with Gasteiger partial charge in [-0.1, -0.05) is 33.6 Å². The number of hydrogen-bond donors (Lipinski definition) is 2. The van der Waals surface area contributed by atoms with Crippen molar-refractivity contribution in [3.63, 3.8) is 0 Å². The molecule has 0 aliphatic heterocycles. The summed E-state index contributed by atoms with van der Waals surface area (Å²) in [6, 6.07) is 0. The summed E-state index contributed by atoms with van der Waals surface area (Å²) in [6.07, 6.45) is 2.04. The van der Waals surface area contributed by atoms with Crippen molar-refractivity contribution in [2.24, 2.45) is 5.92 Å². The van der Waals surface area contributed by atoms with Crippen molar-refractivity contribution < 1.29 is 8.42 Å². The van der Waals surface area contributed by atoms with Gasteiger partial charge in [-0.3, -0.25) is 0 Å². The van der Waals surface area contributed by atoms with Crippen molar-refractivity contribution in [3.8, 4) is 0 Å². The number of hydrogen-bond acceptors (Lipinski definition) is 3. The minimum Gasteiger partial charge on any atom is -0.316 e. The minimum atomic E-state index is -3.08. The predicted molar refractivity (Wildman–Crippen MR) is 64.4 cm³/mol. The van der Waals surface area contributed by atoms with Gasteiger partial charge < -0.3 is 5.32 Å². The van der Waals surface area contributed by atoms with Gasteiger partial charge in [-0.25, -0.2) is 13.1 Å². The quantitative estimate of drug-likeness (QED) is 0.586. The lowest BCUT2D eigenvalue weighted by atomic mass is 10.0. The Bertz CT molecular complexity index is 236. The molecule has 92 valence electrons. The van der Waals surface area contributed by atoms with Crippen LogP contribution in [-0.2, 0) is 10.0 Å². The first-order chi connectivity index (χ1) is 7.05. The first-order valence-electron chi connectivity index (χ1n) is 5.73. The molecule has 4 nitrogen and oxygen atoms in total. The summed E-state index contributed by atoms with van der Waals surface area (Å²) in [5.41, 5.74) is 0. The van der Waals surface area contributed by atoms with Crippen molar-refractivity contribution in [1.82, 2.24) is 10.0 Å². The Balaban J connectivity index is 3.82. The van der Waals surface area contributed by atoms with E-state index in [1.54, 1.807) is 0 Å². The fourth-order valence-corrected chi connectivity index (χ4v) is 2.32. The van der Waals surface area contributed by atoms with Gasteiger partial charge in [0, 0.05) is 13.1 Å². The van der Waals surface area contributed by atoms with Crippen molar-refractivity contribution in [2.75, 3.05) is 25.4 Å². The maximum absolute atomic E-state index is 11.5. The Labute approximate surface area is 93.9 Å². The van der Waals surface area contributed by atoms with Gasteiger partial charge >= 0.3 is 0 Å². The van der Waals surface area contributed by atoms with Crippen LogP contribution in [0.2, 0.25) is 0 Å². The molecule has 0 aromatic heterocycles. The van der Waals surface area contributed by atoms with E-state index in [-0.39, 0.29) is 5.75 Å². The topological polar surface area (TPSA) is 58.2 Å². The molecule has 0 rings (SSSR count). The van der Waals surface area contributed by atoms with E-state index in [9.17, 15) is 8.42 Å². The SMILES string of the molecule is CCNCCS(=O)(=O)NCC(CC)CC. The summed E-state index contributed by atoms with van der Waals surface area (Å²) in [4.78, 5) is 0.